The number of phenols is 1. The molecule has 2 N–H and O–H groups in total. The largest absolute Gasteiger partial charge is 0.508 e. The van der Waals surface area contributed by atoms with Gasteiger partial charge in [0.2, 0.25) is 5.91 Å². The van der Waals surface area contributed by atoms with E-state index in [-0.39, 0.29) is 29.5 Å². The van der Waals surface area contributed by atoms with E-state index in [2.05, 4.69) is 17.4 Å². The summed E-state index contributed by atoms with van der Waals surface area (Å²) in [6.07, 6.45) is 0.854. The van der Waals surface area contributed by atoms with Crippen LogP contribution in [0, 0.1) is 0 Å². The van der Waals surface area contributed by atoms with Crippen LogP contribution in [0.3, 0.4) is 0 Å². The third-order valence-corrected chi connectivity index (χ3v) is 6.38. The molecule has 2 atom stereocenters. The Hall–Kier alpha value is -3.85. The Morgan fingerprint density at radius 3 is 1.94 bits per heavy atom. The van der Waals surface area contributed by atoms with Crippen LogP contribution >= 0.6 is 0 Å². The maximum Gasteiger partial charge on any atom is 0.232 e. The number of amides is 1. The number of phenolic OH excluding ortho intramolecular Hbond substituents is 1. The summed E-state index contributed by atoms with van der Waals surface area (Å²) in [5.74, 6) is -0.0271. The summed E-state index contributed by atoms with van der Waals surface area (Å²) in [7, 11) is 0. The van der Waals surface area contributed by atoms with Gasteiger partial charge in [-0.25, -0.2) is 0 Å². The van der Waals surface area contributed by atoms with E-state index in [0.717, 1.165) is 23.1 Å². The molecule has 0 aromatic heterocycles. The number of nitrogens with one attached hydrogen (secondary N) is 1. The van der Waals surface area contributed by atoms with Crippen molar-refractivity contribution in [3.63, 3.8) is 0 Å². The fourth-order valence-corrected chi connectivity index (χ4v) is 4.83. The Kier molecular flexibility index (Phi) is 5.47. The topological polar surface area (TPSA) is 49.3 Å². The van der Waals surface area contributed by atoms with Crippen LogP contribution in [0.1, 0.15) is 45.7 Å². The molecule has 4 aromatic rings. The monoisotopic (exact) mass is 419 g/mol. The maximum atomic E-state index is 13.8. The van der Waals surface area contributed by atoms with Gasteiger partial charge in [0.25, 0.3) is 0 Å². The van der Waals surface area contributed by atoms with Crippen LogP contribution in [0.15, 0.2) is 109 Å². The highest BCUT2D eigenvalue weighted by atomic mass is 16.3. The number of hydrogen-bond acceptors (Lipinski definition) is 2. The summed E-state index contributed by atoms with van der Waals surface area (Å²) in [6.45, 7) is 0. The van der Waals surface area contributed by atoms with Crippen LogP contribution in [0.4, 0.5) is 0 Å². The van der Waals surface area contributed by atoms with Gasteiger partial charge in [-0.15, -0.1) is 0 Å². The molecule has 0 heterocycles. The first-order chi connectivity index (χ1) is 15.7. The molecule has 0 radical (unpaired) electrons. The van der Waals surface area contributed by atoms with Gasteiger partial charge in [-0.05, 0) is 46.4 Å². The number of carbonyl (C=O) groups excluding carboxylic acids is 1. The molecule has 0 fully saturated rings. The molecule has 5 rings (SSSR count). The van der Waals surface area contributed by atoms with Crippen molar-refractivity contribution >= 4 is 5.91 Å². The molecule has 3 nitrogen and oxygen atoms in total. The molecule has 0 bridgehead atoms. The minimum absolute atomic E-state index is 0.00659. The number of benzene rings is 4. The van der Waals surface area contributed by atoms with Gasteiger partial charge in [0.05, 0.1) is 12.0 Å². The van der Waals surface area contributed by atoms with E-state index in [4.69, 9.17) is 0 Å². The zero-order valence-electron chi connectivity index (χ0n) is 17.7. The zero-order valence-corrected chi connectivity index (χ0v) is 17.7. The summed E-state index contributed by atoms with van der Waals surface area (Å²) < 4.78 is 0. The van der Waals surface area contributed by atoms with Gasteiger partial charge in [0.15, 0.2) is 0 Å². The Morgan fingerprint density at radius 2 is 1.31 bits per heavy atom. The maximum absolute atomic E-state index is 13.8. The van der Waals surface area contributed by atoms with Gasteiger partial charge in [-0.1, -0.05) is 97.1 Å². The predicted octanol–water partition coefficient (Wildman–Crippen LogP) is 5.72. The van der Waals surface area contributed by atoms with Gasteiger partial charge in [0.1, 0.15) is 5.75 Å². The molecule has 0 unspecified atom stereocenters. The second-order valence-corrected chi connectivity index (χ2v) is 8.34. The van der Waals surface area contributed by atoms with Gasteiger partial charge < -0.3 is 10.4 Å². The van der Waals surface area contributed by atoms with Crippen LogP contribution in [0.25, 0.3) is 0 Å². The van der Waals surface area contributed by atoms with E-state index in [9.17, 15) is 9.90 Å². The van der Waals surface area contributed by atoms with Gasteiger partial charge in [-0.2, -0.15) is 0 Å². The Labute approximate surface area is 188 Å². The summed E-state index contributed by atoms with van der Waals surface area (Å²) in [5.41, 5.74) is 5.48. The molecule has 0 saturated heterocycles. The lowest BCUT2D eigenvalue weighted by molar-refractivity contribution is -0.122. The predicted molar refractivity (Wildman–Crippen MR) is 127 cm³/mol. The van der Waals surface area contributed by atoms with Crippen LogP contribution in [0.5, 0.6) is 5.75 Å². The number of carbonyl (C=O) groups is 1. The lowest BCUT2D eigenvalue weighted by Gasteiger charge is -2.26. The molecule has 1 amide bonds. The molecule has 1 aliphatic rings. The van der Waals surface area contributed by atoms with Crippen molar-refractivity contribution in [2.75, 3.05) is 0 Å². The zero-order chi connectivity index (χ0) is 21.9. The Bertz CT molecular complexity index is 1160. The van der Waals surface area contributed by atoms with Gasteiger partial charge >= 0.3 is 0 Å². The van der Waals surface area contributed by atoms with E-state index in [1.54, 1.807) is 12.1 Å². The summed E-state index contributed by atoms with van der Waals surface area (Å²) in [6, 6.07) is 35.4. The molecular weight excluding hydrogens is 394 g/mol. The molecule has 4 aromatic carbocycles. The standard InChI is InChI=1S/C29H25NO2/c31-24-17-15-20(16-18-24)26-19-23-13-7-8-14-25(23)28(26)30-29(32)27(21-9-3-1-4-10-21)22-11-5-2-6-12-22/h1-18,26-28,31H,19H2,(H,30,32)/t26-,28+/m0/s1. The SMILES string of the molecule is O=C(N[C@@H]1c2ccccc2C[C@H]1c1ccc(O)cc1)C(c1ccccc1)c1ccccc1. The lowest BCUT2D eigenvalue weighted by Crippen LogP contribution is -2.35. The van der Waals surface area contributed by atoms with Crippen molar-refractivity contribution in [2.45, 2.75) is 24.3 Å². The summed E-state index contributed by atoms with van der Waals surface area (Å²) >= 11 is 0. The molecule has 1 aliphatic carbocycles. The van der Waals surface area contributed by atoms with E-state index in [0.29, 0.717) is 0 Å². The van der Waals surface area contributed by atoms with Crippen molar-refractivity contribution in [3.8, 4) is 5.75 Å². The molecule has 0 spiro atoms. The first-order valence-corrected chi connectivity index (χ1v) is 11.0. The van der Waals surface area contributed by atoms with Gasteiger partial charge in [-0.3, -0.25) is 4.79 Å². The highest BCUT2D eigenvalue weighted by Gasteiger charge is 2.36. The minimum Gasteiger partial charge on any atom is -0.508 e. The lowest BCUT2D eigenvalue weighted by atomic mass is 9.88. The van der Waals surface area contributed by atoms with E-state index in [1.165, 1.54) is 11.1 Å². The smallest absolute Gasteiger partial charge is 0.232 e. The van der Waals surface area contributed by atoms with Crippen molar-refractivity contribution < 1.29 is 9.90 Å². The van der Waals surface area contributed by atoms with Crippen molar-refractivity contribution in [2.24, 2.45) is 0 Å². The van der Waals surface area contributed by atoms with Crippen LogP contribution in [0.2, 0.25) is 0 Å². The Morgan fingerprint density at radius 1 is 0.750 bits per heavy atom. The van der Waals surface area contributed by atoms with E-state index >= 15 is 0 Å². The van der Waals surface area contributed by atoms with Crippen LogP contribution in [-0.2, 0) is 11.2 Å². The molecule has 0 aliphatic heterocycles. The number of rotatable bonds is 5. The Balaban J connectivity index is 1.51. The van der Waals surface area contributed by atoms with E-state index < -0.39 is 0 Å². The summed E-state index contributed by atoms with van der Waals surface area (Å²) in [4.78, 5) is 13.8. The third-order valence-electron chi connectivity index (χ3n) is 6.38. The fourth-order valence-electron chi connectivity index (χ4n) is 4.83. The first kappa shape index (κ1) is 20.1. The van der Waals surface area contributed by atoms with E-state index in [1.807, 2.05) is 84.9 Å². The molecule has 3 heteroatoms. The van der Waals surface area contributed by atoms with Crippen molar-refractivity contribution in [3.05, 3.63) is 137 Å². The van der Waals surface area contributed by atoms with Crippen LogP contribution in [-0.4, -0.2) is 11.0 Å². The number of hydrogen-bond donors (Lipinski definition) is 2. The average molecular weight is 420 g/mol. The van der Waals surface area contributed by atoms with Crippen LogP contribution < -0.4 is 5.32 Å². The fraction of sp³-hybridized carbons (Fsp3) is 0.138. The van der Waals surface area contributed by atoms with Crippen molar-refractivity contribution in [1.82, 2.24) is 5.32 Å². The number of aromatic hydroxyl groups is 1. The normalized spacial score (nSPS) is 17.2. The first-order valence-electron chi connectivity index (χ1n) is 11.0. The molecule has 32 heavy (non-hydrogen) atoms. The number of fused-ring (bicyclic) bond motifs is 1. The average Bonchev–Trinajstić information content (AvgIpc) is 3.19. The highest BCUT2D eigenvalue weighted by Crippen LogP contribution is 2.43. The quantitative estimate of drug-likeness (QED) is 0.435. The summed E-state index contributed by atoms with van der Waals surface area (Å²) in [5, 5.41) is 13.1. The molecule has 0 saturated carbocycles. The minimum atomic E-state index is -0.384. The third kappa shape index (κ3) is 3.90. The second-order valence-electron chi connectivity index (χ2n) is 8.34. The second kappa shape index (κ2) is 8.72. The highest BCUT2D eigenvalue weighted by molar-refractivity contribution is 5.87. The van der Waals surface area contributed by atoms with Crippen molar-refractivity contribution in [1.29, 1.82) is 0 Å². The molecule has 158 valence electrons. The molecular formula is C29H25NO2. The van der Waals surface area contributed by atoms with Gasteiger partial charge in [0, 0.05) is 5.92 Å².